The minimum Gasteiger partial charge on any atom is -0.302 e. The fourth-order valence-corrected chi connectivity index (χ4v) is 2.82. The van der Waals surface area contributed by atoms with Crippen LogP contribution in [-0.2, 0) is 0 Å². The Bertz CT molecular complexity index is 811. The van der Waals surface area contributed by atoms with E-state index < -0.39 is 28.8 Å². The van der Waals surface area contributed by atoms with Gasteiger partial charge in [0.2, 0.25) is 0 Å². The highest BCUT2D eigenvalue weighted by Gasteiger charge is 2.40. The quantitative estimate of drug-likeness (QED) is 0.498. The average molecular weight is 432 g/mol. The summed E-state index contributed by atoms with van der Waals surface area (Å²) in [7, 11) is 0. The molecule has 11 heteroatoms. The lowest BCUT2D eigenvalue weighted by Crippen LogP contribution is -2.29. The Morgan fingerprint density at radius 3 is 2.44 bits per heavy atom. The first kappa shape index (κ1) is 20.0. The molecule has 0 saturated heterocycles. The van der Waals surface area contributed by atoms with Crippen molar-refractivity contribution in [2.45, 2.75) is 19.1 Å². The predicted molar refractivity (Wildman–Crippen MR) is 92.7 cm³/mol. The van der Waals surface area contributed by atoms with Crippen LogP contribution in [0.25, 0.3) is 0 Å². The Morgan fingerprint density at radius 1 is 1.20 bits per heavy atom. The Balaban J connectivity index is 2.35. The number of nitrogens with zero attached hydrogens (tertiary/aromatic N) is 3. The normalized spacial score (nSPS) is 13.7. The topological polar surface area (TPSA) is 50.2 Å². The van der Waals surface area contributed by atoms with Gasteiger partial charge in [-0.05, 0) is 24.6 Å². The molecule has 1 aromatic heterocycles. The van der Waals surface area contributed by atoms with E-state index in [9.17, 15) is 13.2 Å². The third-order valence-corrected chi connectivity index (χ3v) is 4.00. The first-order valence-electron chi connectivity index (χ1n) is 6.63. The van der Waals surface area contributed by atoms with E-state index in [1.807, 2.05) is 0 Å². The molecule has 25 heavy (non-hydrogen) atoms. The number of hydrogen-bond donors (Lipinski definition) is 1. The van der Waals surface area contributed by atoms with Crippen molar-refractivity contribution >= 4 is 52.1 Å². The van der Waals surface area contributed by atoms with Crippen molar-refractivity contribution in [3.05, 3.63) is 56.0 Å². The van der Waals surface area contributed by atoms with Gasteiger partial charge in [-0.3, -0.25) is 0 Å². The van der Waals surface area contributed by atoms with Crippen molar-refractivity contribution in [1.82, 2.24) is 15.4 Å². The van der Waals surface area contributed by atoms with Gasteiger partial charge in [0, 0.05) is 10.0 Å². The van der Waals surface area contributed by atoms with Crippen molar-refractivity contribution in [3.63, 3.8) is 0 Å². The van der Waals surface area contributed by atoms with Gasteiger partial charge in [-0.1, -0.05) is 52.5 Å². The average Bonchev–Trinajstić information content (AvgIpc) is 2.47. The maximum Gasteiger partial charge on any atom is 0.437 e. The number of hydrogen-bond acceptors (Lipinski definition) is 4. The molecule has 2 rings (SSSR count). The van der Waals surface area contributed by atoms with Crippen LogP contribution in [0.15, 0.2) is 29.5 Å². The zero-order valence-corrected chi connectivity index (χ0v) is 15.4. The zero-order chi connectivity index (χ0) is 18.8. The molecule has 0 aliphatic heterocycles. The number of benzene rings is 1. The fraction of sp³-hybridized carbons (Fsp3) is 0.214. The molecule has 0 fully saturated rings. The molecule has 0 aliphatic carbocycles. The maximum absolute atomic E-state index is 13.3. The second kappa shape index (κ2) is 7.95. The molecule has 0 aliphatic rings. The van der Waals surface area contributed by atoms with Crippen LogP contribution in [0.2, 0.25) is 20.4 Å². The molecule has 0 amide bonds. The van der Waals surface area contributed by atoms with Crippen molar-refractivity contribution in [1.29, 1.82) is 0 Å². The number of rotatable bonds is 4. The van der Waals surface area contributed by atoms with Crippen molar-refractivity contribution in [3.8, 4) is 0 Å². The SMILES string of the molecule is CC(NN=C(c1ncc(Cl)nc1Cl)C(F)(F)F)c1ccc(Cl)cc1Cl. The van der Waals surface area contributed by atoms with Crippen LogP contribution in [0.4, 0.5) is 13.2 Å². The van der Waals surface area contributed by atoms with Gasteiger partial charge in [0.25, 0.3) is 0 Å². The Kier molecular flexibility index (Phi) is 6.37. The van der Waals surface area contributed by atoms with E-state index in [4.69, 9.17) is 46.4 Å². The zero-order valence-electron chi connectivity index (χ0n) is 12.4. The molecule has 4 nitrogen and oxygen atoms in total. The molecule has 1 atom stereocenters. The first-order chi connectivity index (χ1) is 11.6. The summed E-state index contributed by atoms with van der Waals surface area (Å²) in [6, 6.07) is 3.99. The van der Waals surface area contributed by atoms with Gasteiger partial charge in [0.15, 0.2) is 10.9 Å². The molecule has 0 radical (unpaired) electrons. The summed E-state index contributed by atoms with van der Waals surface area (Å²) in [5.74, 6) is 0. The predicted octanol–water partition coefficient (Wildman–Crippen LogP) is 5.71. The Hall–Kier alpha value is -1.28. The summed E-state index contributed by atoms with van der Waals surface area (Å²) >= 11 is 23.1. The Labute approximate surface area is 161 Å². The minimum absolute atomic E-state index is 0.135. The fourth-order valence-electron chi connectivity index (χ4n) is 1.84. The van der Waals surface area contributed by atoms with Crippen LogP contribution in [0.3, 0.4) is 0 Å². The monoisotopic (exact) mass is 430 g/mol. The lowest BCUT2D eigenvalue weighted by atomic mass is 10.1. The third-order valence-electron chi connectivity index (χ3n) is 2.99. The van der Waals surface area contributed by atoms with Crippen LogP contribution in [0.5, 0.6) is 0 Å². The lowest BCUT2D eigenvalue weighted by molar-refractivity contribution is -0.0587. The largest absolute Gasteiger partial charge is 0.437 e. The first-order valence-corrected chi connectivity index (χ1v) is 8.14. The summed E-state index contributed by atoms with van der Waals surface area (Å²) in [5, 5.41) is 3.47. The second-order valence-electron chi connectivity index (χ2n) is 4.81. The summed E-state index contributed by atoms with van der Waals surface area (Å²) in [5.41, 5.74) is 0.932. The third kappa shape index (κ3) is 5.10. The van der Waals surface area contributed by atoms with Crippen LogP contribution >= 0.6 is 46.4 Å². The molecule has 0 saturated carbocycles. The molecule has 1 N–H and O–H groups in total. The van der Waals surface area contributed by atoms with E-state index >= 15 is 0 Å². The minimum atomic E-state index is -4.82. The van der Waals surface area contributed by atoms with E-state index in [1.54, 1.807) is 19.1 Å². The van der Waals surface area contributed by atoms with Gasteiger partial charge in [0.05, 0.1) is 12.2 Å². The van der Waals surface area contributed by atoms with E-state index in [0.29, 0.717) is 15.6 Å². The van der Waals surface area contributed by atoms with Crippen molar-refractivity contribution < 1.29 is 13.2 Å². The van der Waals surface area contributed by atoms with Crippen molar-refractivity contribution in [2.24, 2.45) is 5.10 Å². The summed E-state index contributed by atoms with van der Waals surface area (Å²) in [6.45, 7) is 1.59. The molecular formula is C14H9Cl4F3N4. The molecule has 2 aromatic rings. The summed E-state index contributed by atoms with van der Waals surface area (Å²) < 4.78 is 39.9. The second-order valence-corrected chi connectivity index (χ2v) is 6.40. The highest BCUT2D eigenvalue weighted by molar-refractivity contribution is 6.35. The van der Waals surface area contributed by atoms with Gasteiger partial charge in [0.1, 0.15) is 10.8 Å². The van der Waals surface area contributed by atoms with E-state index in [2.05, 4.69) is 20.5 Å². The van der Waals surface area contributed by atoms with Gasteiger partial charge in [-0.25, -0.2) is 9.97 Å². The van der Waals surface area contributed by atoms with E-state index in [-0.39, 0.29) is 5.15 Å². The molecule has 134 valence electrons. The lowest BCUT2D eigenvalue weighted by Gasteiger charge is -2.16. The molecule has 1 unspecified atom stereocenters. The van der Waals surface area contributed by atoms with Gasteiger partial charge < -0.3 is 5.43 Å². The van der Waals surface area contributed by atoms with Crippen LogP contribution < -0.4 is 5.43 Å². The van der Waals surface area contributed by atoms with Crippen molar-refractivity contribution in [2.75, 3.05) is 0 Å². The van der Waals surface area contributed by atoms with Crippen LogP contribution in [0, 0.1) is 0 Å². The van der Waals surface area contributed by atoms with E-state index in [1.165, 1.54) is 6.07 Å². The number of halogens is 7. The number of alkyl halides is 3. The Morgan fingerprint density at radius 2 is 1.88 bits per heavy atom. The van der Waals surface area contributed by atoms with Gasteiger partial charge in [-0.15, -0.1) is 0 Å². The molecular weight excluding hydrogens is 423 g/mol. The number of hydrazone groups is 1. The number of aromatic nitrogens is 2. The smallest absolute Gasteiger partial charge is 0.302 e. The molecule has 0 spiro atoms. The summed E-state index contributed by atoms with van der Waals surface area (Å²) in [6.07, 6.45) is -3.87. The van der Waals surface area contributed by atoms with Gasteiger partial charge >= 0.3 is 6.18 Å². The van der Waals surface area contributed by atoms with Gasteiger partial charge in [-0.2, -0.15) is 18.3 Å². The highest BCUT2D eigenvalue weighted by atomic mass is 35.5. The van der Waals surface area contributed by atoms with Crippen LogP contribution in [0.1, 0.15) is 24.2 Å². The molecule has 1 heterocycles. The molecule has 0 bridgehead atoms. The van der Waals surface area contributed by atoms with E-state index in [0.717, 1.165) is 6.20 Å². The van der Waals surface area contributed by atoms with Crippen LogP contribution in [-0.4, -0.2) is 21.9 Å². The molecule has 1 aromatic carbocycles. The summed E-state index contributed by atoms with van der Waals surface area (Å²) in [4.78, 5) is 7.10. The standard InChI is InChI=1S/C14H9Cl4F3N4/c1-6(8-3-2-7(15)4-9(8)16)24-25-12(14(19,20)21)11-13(18)23-10(17)5-22-11/h2-6,24H,1H3. The maximum atomic E-state index is 13.3. The number of nitrogens with one attached hydrogen (secondary N) is 1. The highest BCUT2D eigenvalue weighted by Crippen LogP contribution is 2.28.